The van der Waals surface area contributed by atoms with Gasteiger partial charge in [0.1, 0.15) is 5.82 Å². The van der Waals surface area contributed by atoms with Crippen molar-refractivity contribution >= 4 is 11.3 Å². The van der Waals surface area contributed by atoms with Crippen LogP contribution in [0.2, 0.25) is 0 Å². The van der Waals surface area contributed by atoms with E-state index < -0.39 is 0 Å². The number of hydrogen-bond acceptors (Lipinski definition) is 3. The number of hydrogen-bond donors (Lipinski definition) is 1. The van der Waals surface area contributed by atoms with E-state index in [1.807, 2.05) is 0 Å². The quantitative estimate of drug-likeness (QED) is 0.880. The molecule has 0 aliphatic rings. The van der Waals surface area contributed by atoms with E-state index in [1.165, 1.54) is 17.1 Å². The summed E-state index contributed by atoms with van der Waals surface area (Å²) in [6.07, 6.45) is 2.20. The molecule has 0 spiro atoms. The fraction of sp³-hybridized carbons (Fsp3) is 0.357. The van der Waals surface area contributed by atoms with Crippen molar-refractivity contribution in [3.05, 3.63) is 52.2 Å². The van der Waals surface area contributed by atoms with Crippen molar-refractivity contribution in [3.8, 4) is 0 Å². The van der Waals surface area contributed by atoms with Crippen molar-refractivity contribution in [3.63, 3.8) is 0 Å². The molecule has 0 aliphatic heterocycles. The van der Waals surface area contributed by atoms with Crippen LogP contribution in [0.3, 0.4) is 0 Å². The maximum Gasteiger partial charge on any atom is 0.141 e. The lowest BCUT2D eigenvalue weighted by molar-refractivity contribution is 0.450. The monoisotopic (exact) mass is 264 g/mol. The van der Waals surface area contributed by atoms with Crippen molar-refractivity contribution < 1.29 is 4.39 Å². The van der Waals surface area contributed by atoms with Gasteiger partial charge in [-0.3, -0.25) is 4.98 Å². The maximum atomic E-state index is 12.9. The van der Waals surface area contributed by atoms with Gasteiger partial charge in [0, 0.05) is 17.0 Å². The Morgan fingerprint density at radius 3 is 2.78 bits per heavy atom. The van der Waals surface area contributed by atoms with E-state index in [9.17, 15) is 4.39 Å². The molecule has 2 atom stereocenters. The van der Waals surface area contributed by atoms with Crippen molar-refractivity contribution in [2.45, 2.75) is 32.4 Å². The van der Waals surface area contributed by atoms with Crippen molar-refractivity contribution in [1.82, 2.24) is 10.3 Å². The van der Waals surface area contributed by atoms with Crippen molar-refractivity contribution in [2.24, 2.45) is 0 Å². The summed E-state index contributed by atoms with van der Waals surface area (Å²) in [5, 5.41) is 5.60. The third kappa shape index (κ3) is 3.15. The smallest absolute Gasteiger partial charge is 0.141 e. The zero-order valence-corrected chi connectivity index (χ0v) is 11.4. The average molecular weight is 264 g/mol. The Bertz CT molecular complexity index is 467. The van der Waals surface area contributed by atoms with Gasteiger partial charge in [-0.1, -0.05) is 13.0 Å². The van der Waals surface area contributed by atoms with E-state index in [0.29, 0.717) is 0 Å². The molecule has 0 bridgehead atoms. The predicted octanol–water partition coefficient (Wildman–Crippen LogP) is 4.08. The minimum Gasteiger partial charge on any atom is -0.301 e. The molecule has 96 valence electrons. The van der Waals surface area contributed by atoms with Crippen LogP contribution in [-0.4, -0.2) is 4.98 Å². The van der Waals surface area contributed by atoms with Crippen LogP contribution in [0.15, 0.2) is 35.8 Å². The third-order valence-corrected chi connectivity index (χ3v) is 3.99. The fourth-order valence-electron chi connectivity index (χ4n) is 1.93. The van der Waals surface area contributed by atoms with Crippen LogP contribution in [0, 0.1) is 5.82 Å². The standard InChI is InChI=1S/C14H17FN2S/c1-3-12(13-7-6-11(15)9-16-13)17-10(2)14-5-4-8-18-14/h4-10,12,17H,3H2,1-2H3/t10-,12?/m0/s1. The van der Waals surface area contributed by atoms with Gasteiger partial charge >= 0.3 is 0 Å². The summed E-state index contributed by atoms with van der Waals surface area (Å²) in [7, 11) is 0. The van der Waals surface area contributed by atoms with E-state index in [2.05, 4.69) is 41.7 Å². The van der Waals surface area contributed by atoms with Gasteiger partial charge in [-0.15, -0.1) is 11.3 Å². The SMILES string of the molecule is CCC(N[C@@H](C)c1cccs1)c1ccc(F)cn1. The molecule has 1 N–H and O–H groups in total. The Kier molecular flexibility index (Phi) is 4.44. The number of thiophene rings is 1. The third-order valence-electron chi connectivity index (χ3n) is 2.94. The van der Waals surface area contributed by atoms with E-state index >= 15 is 0 Å². The molecule has 0 radical (unpaired) electrons. The minimum atomic E-state index is -0.292. The second-order valence-corrected chi connectivity index (χ2v) is 5.25. The molecule has 0 amide bonds. The second-order valence-electron chi connectivity index (χ2n) is 4.27. The molecule has 1 unspecified atom stereocenters. The molecule has 2 aromatic heterocycles. The van der Waals surface area contributed by atoms with Crippen molar-refractivity contribution in [2.75, 3.05) is 0 Å². The van der Waals surface area contributed by atoms with Crippen LogP contribution in [0.1, 0.15) is 42.9 Å². The maximum absolute atomic E-state index is 12.9. The van der Waals surface area contributed by atoms with Gasteiger partial charge in [-0.05, 0) is 36.9 Å². The second kappa shape index (κ2) is 6.07. The van der Waals surface area contributed by atoms with Gasteiger partial charge in [0.15, 0.2) is 0 Å². The molecule has 0 aliphatic carbocycles. The summed E-state index contributed by atoms with van der Waals surface area (Å²) in [6, 6.07) is 7.81. The number of pyridine rings is 1. The molecule has 2 heterocycles. The first-order valence-corrected chi connectivity index (χ1v) is 6.99. The minimum absolute atomic E-state index is 0.155. The number of aromatic nitrogens is 1. The Morgan fingerprint density at radius 2 is 2.22 bits per heavy atom. The Balaban J connectivity index is 2.07. The predicted molar refractivity (Wildman–Crippen MR) is 73.1 cm³/mol. The molecular weight excluding hydrogens is 247 g/mol. The molecule has 2 aromatic rings. The van der Waals surface area contributed by atoms with Crippen LogP contribution < -0.4 is 5.32 Å². The lowest BCUT2D eigenvalue weighted by Gasteiger charge is -2.21. The average Bonchev–Trinajstić information content (AvgIpc) is 2.91. The van der Waals surface area contributed by atoms with E-state index in [-0.39, 0.29) is 17.9 Å². The van der Waals surface area contributed by atoms with Gasteiger partial charge in [-0.2, -0.15) is 0 Å². The lowest BCUT2D eigenvalue weighted by atomic mass is 10.1. The number of nitrogens with one attached hydrogen (secondary N) is 1. The first kappa shape index (κ1) is 13.2. The highest BCUT2D eigenvalue weighted by atomic mass is 32.1. The summed E-state index contributed by atoms with van der Waals surface area (Å²) in [5.41, 5.74) is 0.891. The summed E-state index contributed by atoms with van der Waals surface area (Å²) >= 11 is 1.74. The topological polar surface area (TPSA) is 24.9 Å². The van der Waals surface area contributed by atoms with Crippen LogP contribution in [-0.2, 0) is 0 Å². The first-order chi connectivity index (χ1) is 8.70. The summed E-state index contributed by atoms with van der Waals surface area (Å²) < 4.78 is 12.9. The number of nitrogens with zero attached hydrogens (tertiary/aromatic N) is 1. The van der Waals surface area contributed by atoms with Gasteiger partial charge < -0.3 is 5.32 Å². The molecule has 2 rings (SSSR count). The molecule has 0 saturated carbocycles. The number of halogens is 1. The van der Waals surface area contributed by atoms with Crippen LogP contribution >= 0.6 is 11.3 Å². The summed E-state index contributed by atoms with van der Waals surface area (Å²) in [4.78, 5) is 5.45. The number of rotatable bonds is 5. The Labute approximate surface area is 111 Å². The van der Waals surface area contributed by atoms with Crippen LogP contribution in [0.4, 0.5) is 4.39 Å². The van der Waals surface area contributed by atoms with Gasteiger partial charge in [0.25, 0.3) is 0 Å². The highest BCUT2D eigenvalue weighted by Crippen LogP contribution is 2.23. The summed E-state index contributed by atoms with van der Waals surface area (Å²) in [6.45, 7) is 4.24. The zero-order chi connectivity index (χ0) is 13.0. The van der Waals surface area contributed by atoms with Gasteiger partial charge in [0.05, 0.1) is 11.9 Å². The van der Waals surface area contributed by atoms with Crippen LogP contribution in [0.25, 0.3) is 0 Å². The molecule has 18 heavy (non-hydrogen) atoms. The summed E-state index contributed by atoms with van der Waals surface area (Å²) in [5.74, 6) is -0.292. The highest BCUT2D eigenvalue weighted by molar-refractivity contribution is 7.10. The molecule has 2 nitrogen and oxygen atoms in total. The van der Waals surface area contributed by atoms with E-state index in [1.54, 1.807) is 17.4 Å². The van der Waals surface area contributed by atoms with Gasteiger partial charge in [0.2, 0.25) is 0 Å². The molecule has 0 saturated heterocycles. The molecule has 4 heteroatoms. The zero-order valence-electron chi connectivity index (χ0n) is 10.6. The van der Waals surface area contributed by atoms with E-state index in [4.69, 9.17) is 0 Å². The largest absolute Gasteiger partial charge is 0.301 e. The highest BCUT2D eigenvalue weighted by Gasteiger charge is 2.15. The molecule has 0 fully saturated rings. The molecule has 0 aromatic carbocycles. The van der Waals surface area contributed by atoms with E-state index in [0.717, 1.165) is 12.1 Å². The lowest BCUT2D eigenvalue weighted by Crippen LogP contribution is -2.24. The van der Waals surface area contributed by atoms with Crippen molar-refractivity contribution in [1.29, 1.82) is 0 Å². The normalized spacial score (nSPS) is 14.4. The fourth-order valence-corrected chi connectivity index (χ4v) is 2.67. The molecular formula is C14H17FN2S. The van der Waals surface area contributed by atoms with Gasteiger partial charge in [-0.25, -0.2) is 4.39 Å². The Hall–Kier alpha value is -1.26. The Morgan fingerprint density at radius 1 is 1.39 bits per heavy atom. The van der Waals surface area contributed by atoms with Crippen LogP contribution in [0.5, 0.6) is 0 Å². The first-order valence-electron chi connectivity index (χ1n) is 6.11.